The summed E-state index contributed by atoms with van der Waals surface area (Å²) in [6.07, 6.45) is 9.04. The average Bonchev–Trinajstić information content (AvgIpc) is 3.14. The number of nitrogens with zero attached hydrogens (tertiary/aromatic N) is 5. The number of aromatic nitrogens is 5. The molecule has 2 N–H and O–H groups in total. The van der Waals surface area contributed by atoms with Gasteiger partial charge in [-0.3, -0.25) is 0 Å². The molecule has 0 fully saturated rings. The number of nitrogens with one attached hydrogen (secondary N) is 1. The summed E-state index contributed by atoms with van der Waals surface area (Å²) in [5, 5.41) is 21.0. The molecule has 8 heteroatoms. The van der Waals surface area contributed by atoms with Gasteiger partial charge in [-0.2, -0.15) is 14.6 Å². The van der Waals surface area contributed by atoms with Crippen molar-refractivity contribution in [1.29, 1.82) is 0 Å². The summed E-state index contributed by atoms with van der Waals surface area (Å²) >= 11 is 0. The van der Waals surface area contributed by atoms with Crippen LogP contribution in [0.4, 0.5) is 10.2 Å². The van der Waals surface area contributed by atoms with E-state index in [0.717, 1.165) is 11.1 Å². The van der Waals surface area contributed by atoms with E-state index in [1.807, 2.05) is 0 Å². The zero-order chi connectivity index (χ0) is 15.1. The molecule has 3 aromatic rings. The van der Waals surface area contributed by atoms with Crippen molar-refractivity contribution in [2.24, 2.45) is 0 Å². The maximum absolute atomic E-state index is 12.9. The quantitative estimate of drug-likeness (QED) is 0.701. The number of hydrogen-bond donors (Lipinski definition) is 2. The molecule has 0 aromatic carbocycles. The van der Waals surface area contributed by atoms with Gasteiger partial charge in [0.25, 0.3) is 0 Å². The monoisotopic (exact) mass is 298 g/mol. The molecule has 0 saturated heterocycles. The SMILES string of the molecule is OC1C=Cn2ncc(-n3cc(-c4ccc(F)nc4)cn3)c2N1. The van der Waals surface area contributed by atoms with Crippen molar-refractivity contribution in [2.45, 2.75) is 6.23 Å². The molecule has 22 heavy (non-hydrogen) atoms. The molecule has 1 unspecified atom stereocenters. The summed E-state index contributed by atoms with van der Waals surface area (Å²) in [5.74, 6) is 0.119. The van der Waals surface area contributed by atoms with Crippen molar-refractivity contribution < 1.29 is 9.50 Å². The van der Waals surface area contributed by atoms with Crippen molar-refractivity contribution in [2.75, 3.05) is 5.32 Å². The Bertz CT molecular complexity index is 851. The van der Waals surface area contributed by atoms with E-state index in [0.29, 0.717) is 11.5 Å². The standard InChI is InChI=1S/C14H11FN6O/c15-12-2-1-9(5-16-12)10-6-17-21(8-10)11-7-18-20-4-3-13(22)19-14(11)20/h1-8,13,19,22H. The first-order chi connectivity index (χ1) is 10.7. The van der Waals surface area contributed by atoms with E-state index in [9.17, 15) is 9.50 Å². The van der Waals surface area contributed by atoms with Crippen LogP contribution < -0.4 is 5.32 Å². The first-order valence-corrected chi connectivity index (χ1v) is 6.58. The van der Waals surface area contributed by atoms with Gasteiger partial charge in [0.15, 0.2) is 5.82 Å². The molecule has 0 aliphatic carbocycles. The number of rotatable bonds is 2. The lowest BCUT2D eigenvalue weighted by Crippen LogP contribution is -2.22. The Balaban J connectivity index is 1.72. The minimum atomic E-state index is -0.765. The van der Waals surface area contributed by atoms with Gasteiger partial charge in [-0.05, 0) is 18.2 Å². The maximum Gasteiger partial charge on any atom is 0.212 e. The Labute approximate surface area is 124 Å². The van der Waals surface area contributed by atoms with Crippen LogP contribution in [0.2, 0.25) is 0 Å². The van der Waals surface area contributed by atoms with E-state index in [4.69, 9.17) is 0 Å². The zero-order valence-electron chi connectivity index (χ0n) is 11.3. The van der Waals surface area contributed by atoms with Gasteiger partial charge in [0, 0.05) is 29.7 Å². The lowest BCUT2D eigenvalue weighted by molar-refractivity contribution is 0.250. The number of fused-ring (bicyclic) bond motifs is 1. The van der Waals surface area contributed by atoms with Crippen LogP contribution in [0.1, 0.15) is 0 Å². The third kappa shape index (κ3) is 2.06. The topological polar surface area (TPSA) is 80.8 Å². The minimum absolute atomic E-state index is 0.521. The fourth-order valence-corrected chi connectivity index (χ4v) is 2.28. The number of hydrogen-bond acceptors (Lipinski definition) is 5. The second-order valence-corrected chi connectivity index (χ2v) is 4.80. The number of aliphatic hydroxyl groups excluding tert-OH is 1. The van der Waals surface area contributed by atoms with Gasteiger partial charge < -0.3 is 10.4 Å². The highest BCUT2D eigenvalue weighted by Gasteiger charge is 2.17. The second kappa shape index (κ2) is 4.78. The van der Waals surface area contributed by atoms with Gasteiger partial charge in [0.2, 0.25) is 5.95 Å². The van der Waals surface area contributed by atoms with Crippen LogP contribution in [0.3, 0.4) is 0 Å². The van der Waals surface area contributed by atoms with Gasteiger partial charge in [-0.25, -0.2) is 14.3 Å². The molecular weight excluding hydrogens is 287 g/mol. The number of pyridine rings is 1. The van der Waals surface area contributed by atoms with Crippen LogP contribution in [-0.4, -0.2) is 35.9 Å². The molecular formula is C14H11FN6O. The Morgan fingerprint density at radius 1 is 1.14 bits per heavy atom. The highest BCUT2D eigenvalue weighted by molar-refractivity contribution is 5.65. The number of aliphatic hydroxyl groups is 1. The zero-order valence-corrected chi connectivity index (χ0v) is 11.3. The van der Waals surface area contributed by atoms with Gasteiger partial charge >= 0.3 is 0 Å². The van der Waals surface area contributed by atoms with Crippen molar-refractivity contribution in [3.05, 3.63) is 48.9 Å². The fourth-order valence-electron chi connectivity index (χ4n) is 2.28. The smallest absolute Gasteiger partial charge is 0.212 e. The molecule has 0 spiro atoms. The summed E-state index contributed by atoms with van der Waals surface area (Å²) in [7, 11) is 0. The van der Waals surface area contributed by atoms with Crippen LogP contribution in [0.5, 0.6) is 0 Å². The van der Waals surface area contributed by atoms with Gasteiger partial charge in [-0.1, -0.05) is 0 Å². The Morgan fingerprint density at radius 2 is 2.05 bits per heavy atom. The molecule has 0 amide bonds. The minimum Gasteiger partial charge on any atom is -0.370 e. The molecule has 7 nitrogen and oxygen atoms in total. The molecule has 4 heterocycles. The van der Waals surface area contributed by atoms with E-state index in [1.165, 1.54) is 12.3 Å². The van der Waals surface area contributed by atoms with Crippen LogP contribution in [-0.2, 0) is 0 Å². The summed E-state index contributed by atoms with van der Waals surface area (Å²) in [5.41, 5.74) is 2.27. The summed E-state index contributed by atoms with van der Waals surface area (Å²) < 4.78 is 16.1. The molecule has 110 valence electrons. The third-order valence-corrected chi connectivity index (χ3v) is 3.36. The Hall–Kier alpha value is -3.00. The summed E-state index contributed by atoms with van der Waals surface area (Å²) in [6.45, 7) is 0. The average molecular weight is 298 g/mol. The molecule has 3 aromatic heterocycles. The van der Waals surface area contributed by atoms with Crippen molar-refractivity contribution in [3.63, 3.8) is 0 Å². The van der Waals surface area contributed by atoms with E-state index in [-0.39, 0.29) is 0 Å². The largest absolute Gasteiger partial charge is 0.370 e. The molecule has 1 aliphatic heterocycles. The highest BCUT2D eigenvalue weighted by Crippen LogP contribution is 2.25. The second-order valence-electron chi connectivity index (χ2n) is 4.80. The number of anilines is 1. The van der Waals surface area contributed by atoms with Crippen molar-refractivity contribution in [1.82, 2.24) is 24.5 Å². The van der Waals surface area contributed by atoms with Crippen molar-refractivity contribution in [3.8, 4) is 16.8 Å². The molecule has 0 radical (unpaired) electrons. The number of halogens is 1. The molecule has 4 rings (SSSR count). The molecule has 1 atom stereocenters. The van der Waals surface area contributed by atoms with E-state index < -0.39 is 12.2 Å². The summed E-state index contributed by atoms with van der Waals surface area (Å²) in [6, 6.07) is 2.94. The van der Waals surface area contributed by atoms with Gasteiger partial charge in [0.05, 0.1) is 12.4 Å². The lowest BCUT2D eigenvalue weighted by Gasteiger charge is -2.16. The highest BCUT2D eigenvalue weighted by atomic mass is 19.1. The predicted octanol–water partition coefficient (Wildman–Crippen LogP) is 1.48. The molecule has 0 bridgehead atoms. The first-order valence-electron chi connectivity index (χ1n) is 6.58. The summed E-state index contributed by atoms with van der Waals surface area (Å²) in [4.78, 5) is 3.63. The normalized spacial score (nSPS) is 16.4. The van der Waals surface area contributed by atoms with Gasteiger partial charge in [0.1, 0.15) is 11.9 Å². The fraction of sp³-hybridized carbons (Fsp3) is 0.0714. The lowest BCUT2D eigenvalue weighted by atomic mass is 10.2. The van der Waals surface area contributed by atoms with E-state index in [2.05, 4.69) is 20.5 Å². The molecule has 1 aliphatic rings. The maximum atomic E-state index is 12.9. The van der Waals surface area contributed by atoms with Gasteiger partial charge in [-0.15, -0.1) is 0 Å². The van der Waals surface area contributed by atoms with E-state index in [1.54, 1.807) is 46.3 Å². The van der Waals surface area contributed by atoms with Crippen LogP contribution >= 0.6 is 0 Å². The Kier molecular flexibility index (Phi) is 2.76. The molecule has 0 saturated carbocycles. The van der Waals surface area contributed by atoms with Crippen LogP contribution in [0, 0.1) is 5.95 Å². The van der Waals surface area contributed by atoms with E-state index >= 15 is 0 Å². The van der Waals surface area contributed by atoms with Crippen LogP contribution in [0.25, 0.3) is 23.0 Å². The first kappa shape index (κ1) is 12.7. The predicted molar refractivity (Wildman–Crippen MR) is 77.5 cm³/mol. The Morgan fingerprint density at radius 3 is 2.86 bits per heavy atom. The van der Waals surface area contributed by atoms with Crippen molar-refractivity contribution >= 4 is 12.0 Å². The van der Waals surface area contributed by atoms with Crippen LogP contribution in [0.15, 0.2) is 43.0 Å². The third-order valence-electron chi connectivity index (χ3n) is 3.36.